The Balaban J connectivity index is 1.31. The number of amides is 1. The van der Waals surface area contributed by atoms with Crippen LogP contribution in [0, 0.1) is 12.8 Å². The van der Waals surface area contributed by atoms with Crippen LogP contribution in [0.25, 0.3) is 10.8 Å². The molecule has 0 unspecified atom stereocenters. The van der Waals surface area contributed by atoms with Gasteiger partial charge in [-0.2, -0.15) is 5.10 Å². The molecule has 0 radical (unpaired) electrons. The van der Waals surface area contributed by atoms with Gasteiger partial charge < -0.3 is 5.32 Å². The quantitative estimate of drug-likeness (QED) is 0.702. The molecule has 1 saturated heterocycles. The zero-order valence-electron chi connectivity index (χ0n) is 16.7. The third-order valence-corrected chi connectivity index (χ3v) is 5.55. The molecule has 1 fully saturated rings. The van der Waals surface area contributed by atoms with Crippen LogP contribution < -0.4 is 10.9 Å². The second-order valence-electron chi connectivity index (χ2n) is 7.77. The molecule has 4 rings (SSSR count). The molecule has 6 heteroatoms. The Morgan fingerprint density at radius 1 is 1.10 bits per heavy atom. The normalized spacial score (nSPS) is 16.9. The number of aromatic nitrogens is 2. The van der Waals surface area contributed by atoms with Crippen LogP contribution in [0.5, 0.6) is 0 Å². The van der Waals surface area contributed by atoms with Crippen molar-refractivity contribution in [2.45, 2.75) is 26.4 Å². The number of likely N-dealkylation sites (tertiary alicyclic amines) is 1. The van der Waals surface area contributed by atoms with E-state index in [2.05, 4.69) is 39.6 Å². The van der Waals surface area contributed by atoms with Crippen molar-refractivity contribution in [1.82, 2.24) is 20.0 Å². The molecular weight excluding hydrogens is 364 g/mol. The van der Waals surface area contributed by atoms with Crippen molar-refractivity contribution in [1.29, 1.82) is 0 Å². The minimum absolute atomic E-state index is 0.0506. The zero-order chi connectivity index (χ0) is 20.2. The number of hydrogen-bond acceptors (Lipinski definition) is 4. The molecule has 1 aromatic heterocycles. The Labute approximate surface area is 170 Å². The molecule has 6 nitrogen and oxygen atoms in total. The first-order valence-corrected chi connectivity index (χ1v) is 10.1. The van der Waals surface area contributed by atoms with E-state index in [-0.39, 0.29) is 18.0 Å². The summed E-state index contributed by atoms with van der Waals surface area (Å²) in [6.07, 6.45) is 1.07. The summed E-state index contributed by atoms with van der Waals surface area (Å²) in [4.78, 5) is 27.4. The van der Waals surface area contributed by atoms with E-state index < -0.39 is 0 Å². The Morgan fingerprint density at radius 3 is 2.62 bits per heavy atom. The summed E-state index contributed by atoms with van der Waals surface area (Å²) in [5.74, 6) is 0.265. The first-order valence-electron chi connectivity index (χ1n) is 10.1. The van der Waals surface area contributed by atoms with E-state index in [1.807, 2.05) is 31.2 Å². The molecule has 29 heavy (non-hydrogen) atoms. The van der Waals surface area contributed by atoms with Gasteiger partial charge in [0.1, 0.15) is 6.54 Å². The number of aryl methyl sites for hydroxylation is 1. The van der Waals surface area contributed by atoms with Crippen molar-refractivity contribution in [2.75, 3.05) is 19.6 Å². The monoisotopic (exact) mass is 390 g/mol. The second-order valence-corrected chi connectivity index (χ2v) is 7.77. The molecule has 0 spiro atoms. The molecule has 3 aromatic rings. The maximum absolute atomic E-state index is 12.6. The Morgan fingerprint density at radius 2 is 1.83 bits per heavy atom. The van der Waals surface area contributed by atoms with Gasteiger partial charge in [-0.3, -0.25) is 14.5 Å². The number of benzene rings is 2. The van der Waals surface area contributed by atoms with Gasteiger partial charge in [-0.15, -0.1) is 0 Å². The van der Waals surface area contributed by atoms with Crippen LogP contribution in [0.3, 0.4) is 0 Å². The van der Waals surface area contributed by atoms with Crippen molar-refractivity contribution in [3.05, 3.63) is 76.2 Å². The Kier molecular flexibility index (Phi) is 5.71. The van der Waals surface area contributed by atoms with Crippen molar-refractivity contribution >= 4 is 16.7 Å². The maximum atomic E-state index is 12.6. The van der Waals surface area contributed by atoms with Gasteiger partial charge in [-0.1, -0.05) is 48.5 Å². The van der Waals surface area contributed by atoms with Crippen molar-refractivity contribution in [3.8, 4) is 0 Å². The molecule has 0 bridgehead atoms. The number of hydrogen-bond donors (Lipinski definition) is 1. The highest BCUT2D eigenvalue weighted by Crippen LogP contribution is 2.18. The van der Waals surface area contributed by atoms with Gasteiger partial charge in [-0.05, 0) is 37.4 Å². The number of fused-ring (bicyclic) bond motifs is 1. The third-order valence-electron chi connectivity index (χ3n) is 5.55. The van der Waals surface area contributed by atoms with Crippen molar-refractivity contribution in [3.63, 3.8) is 0 Å². The van der Waals surface area contributed by atoms with Gasteiger partial charge in [0.15, 0.2) is 0 Å². The predicted molar refractivity (Wildman–Crippen MR) is 114 cm³/mol. The summed E-state index contributed by atoms with van der Waals surface area (Å²) < 4.78 is 1.27. The molecule has 1 amide bonds. The minimum atomic E-state index is -0.226. The fourth-order valence-electron chi connectivity index (χ4n) is 4.03. The molecule has 1 N–H and O–H groups in total. The highest BCUT2D eigenvalue weighted by atomic mass is 16.2. The van der Waals surface area contributed by atoms with Gasteiger partial charge in [0.2, 0.25) is 5.91 Å². The van der Waals surface area contributed by atoms with E-state index >= 15 is 0 Å². The molecule has 1 atom stereocenters. The van der Waals surface area contributed by atoms with Crippen LogP contribution in [-0.2, 0) is 17.9 Å². The van der Waals surface area contributed by atoms with Crippen LogP contribution in [0.15, 0.2) is 59.4 Å². The van der Waals surface area contributed by atoms with Gasteiger partial charge in [0, 0.05) is 25.0 Å². The summed E-state index contributed by atoms with van der Waals surface area (Å²) in [6.45, 7) is 5.40. The lowest BCUT2D eigenvalue weighted by Gasteiger charge is -2.16. The molecule has 0 aliphatic carbocycles. The van der Waals surface area contributed by atoms with Crippen molar-refractivity contribution < 1.29 is 4.79 Å². The minimum Gasteiger partial charge on any atom is -0.354 e. The van der Waals surface area contributed by atoms with Crippen LogP contribution in [0.2, 0.25) is 0 Å². The lowest BCUT2D eigenvalue weighted by atomic mass is 10.1. The lowest BCUT2D eigenvalue weighted by Crippen LogP contribution is -2.36. The predicted octanol–water partition coefficient (Wildman–Crippen LogP) is 2.34. The highest BCUT2D eigenvalue weighted by molar-refractivity contribution is 5.83. The average Bonchev–Trinajstić information content (AvgIpc) is 3.18. The molecule has 0 saturated carbocycles. The van der Waals surface area contributed by atoms with Crippen LogP contribution in [-0.4, -0.2) is 40.2 Å². The molecule has 1 aliphatic rings. The summed E-state index contributed by atoms with van der Waals surface area (Å²) in [5, 5.41) is 8.73. The van der Waals surface area contributed by atoms with Crippen LogP contribution in [0.4, 0.5) is 0 Å². The number of nitrogens with zero attached hydrogens (tertiary/aromatic N) is 3. The fourth-order valence-corrected chi connectivity index (χ4v) is 4.03. The van der Waals surface area contributed by atoms with E-state index in [0.717, 1.165) is 37.1 Å². The van der Waals surface area contributed by atoms with Gasteiger partial charge in [0.05, 0.1) is 11.1 Å². The molecule has 1 aliphatic heterocycles. The first kappa shape index (κ1) is 19.3. The highest BCUT2D eigenvalue weighted by Gasteiger charge is 2.23. The fraction of sp³-hybridized carbons (Fsp3) is 0.348. The maximum Gasteiger partial charge on any atom is 0.275 e. The standard InChI is InChI=1S/C23H26N4O2/c1-17-20-9-5-6-10-21(20)23(29)27(25-17)16-22(28)24-13-19-11-12-26(15-19)14-18-7-3-2-4-8-18/h2-10,19H,11-16H2,1H3,(H,24,28)/t19-/m1/s1. The van der Waals surface area contributed by atoms with Crippen molar-refractivity contribution in [2.24, 2.45) is 5.92 Å². The van der Waals surface area contributed by atoms with E-state index in [1.54, 1.807) is 6.07 Å². The van der Waals surface area contributed by atoms with E-state index in [0.29, 0.717) is 17.8 Å². The SMILES string of the molecule is Cc1nn(CC(=O)NC[C@H]2CCN(Cc3ccccc3)C2)c(=O)c2ccccc12. The van der Waals surface area contributed by atoms with E-state index in [9.17, 15) is 9.59 Å². The molecule has 2 aromatic carbocycles. The third kappa shape index (κ3) is 4.54. The topological polar surface area (TPSA) is 67.2 Å². The Hall–Kier alpha value is -2.99. The van der Waals surface area contributed by atoms with Gasteiger partial charge >= 0.3 is 0 Å². The van der Waals surface area contributed by atoms with Crippen LogP contribution in [0.1, 0.15) is 17.7 Å². The number of carbonyl (C=O) groups excluding carboxylic acids is 1. The summed E-state index contributed by atoms with van der Waals surface area (Å²) >= 11 is 0. The number of nitrogens with one attached hydrogen (secondary N) is 1. The largest absolute Gasteiger partial charge is 0.354 e. The van der Waals surface area contributed by atoms with E-state index in [1.165, 1.54) is 10.2 Å². The van der Waals surface area contributed by atoms with Crippen LogP contribution >= 0.6 is 0 Å². The summed E-state index contributed by atoms with van der Waals surface area (Å²) in [7, 11) is 0. The lowest BCUT2D eigenvalue weighted by molar-refractivity contribution is -0.122. The summed E-state index contributed by atoms with van der Waals surface area (Å²) in [5.41, 5.74) is 1.84. The molecule has 150 valence electrons. The van der Waals surface area contributed by atoms with Gasteiger partial charge in [-0.25, -0.2) is 4.68 Å². The summed E-state index contributed by atoms with van der Waals surface area (Å²) in [6, 6.07) is 17.8. The second kappa shape index (κ2) is 8.57. The first-order chi connectivity index (χ1) is 14.1. The number of carbonyl (C=O) groups is 1. The Bertz CT molecular complexity index is 1060. The molecular formula is C23H26N4O2. The average molecular weight is 390 g/mol. The van der Waals surface area contributed by atoms with E-state index in [4.69, 9.17) is 0 Å². The number of rotatable bonds is 6. The smallest absolute Gasteiger partial charge is 0.275 e. The van der Waals surface area contributed by atoms with Gasteiger partial charge in [0.25, 0.3) is 5.56 Å². The zero-order valence-corrected chi connectivity index (χ0v) is 16.7. The molecule has 2 heterocycles.